The van der Waals surface area contributed by atoms with Crippen LogP contribution in [0.5, 0.6) is 0 Å². The smallest absolute Gasteiger partial charge is 0.339 e. The number of anilines is 3. The first kappa shape index (κ1) is 13.4. The minimum absolute atomic E-state index is 0.0395. The topological polar surface area (TPSA) is 88.2 Å². The van der Waals surface area contributed by atoms with Crippen molar-refractivity contribution in [1.29, 1.82) is 0 Å². The summed E-state index contributed by atoms with van der Waals surface area (Å²) >= 11 is 3.39. The molecule has 98 valence electrons. The molecule has 19 heavy (non-hydrogen) atoms. The molecule has 0 saturated heterocycles. The molecule has 0 aliphatic rings. The molecule has 0 aliphatic carbocycles. The molecule has 0 aliphatic heterocycles. The summed E-state index contributed by atoms with van der Waals surface area (Å²) in [6.07, 6.45) is 1.42. The number of aryl methyl sites for hydroxylation is 1. The second-order valence-electron chi connectivity index (χ2n) is 4.11. The zero-order valence-electron chi connectivity index (χ0n) is 10.1. The van der Waals surface area contributed by atoms with Gasteiger partial charge in [-0.25, -0.2) is 9.78 Å². The number of aromatic nitrogens is 1. The van der Waals surface area contributed by atoms with Crippen LogP contribution in [0.2, 0.25) is 0 Å². The maximum Gasteiger partial charge on any atom is 0.339 e. The first-order valence-corrected chi connectivity index (χ1v) is 6.28. The van der Waals surface area contributed by atoms with Crippen molar-refractivity contribution in [2.24, 2.45) is 0 Å². The van der Waals surface area contributed by atoms with Gasteiger partial charge < -0.3 is 16.2 Å². The Labute approximate surface area is 118 Å². The summed E-state index contributed by atoms with van der Waals surface area (Å²) in [6, 6.07) is 7.08. The predicted octanol–water partition coefficient (Wildman–Crippen LogP) is 3.18. The number of rotatable bonds is 3. The normalized spacial score (nSPS) is 10.2. The van der Waals surface area contributed by atoms with Crippen LogP contribution < -0.4 is 11.1 Å². The van der Waals surface area contributed by atoms with E-state index >= 15 is 0 Å². The summed E-state index contributed by atoms with van der Waals surface area (Å²) in [4.78, 5) is 15.2. The molecule has 6 heteroatoms. The molecule has 2 rings (SSSR count). The van der Waals surface area contributed by atoms with Gasteiger partial charge in [0.1, 0.15) is 11.4 Å². The highest BCUT2D eigenvalue weighted by molar-refractivity contribution is 9.10. The lowest BCUT2D eigenvalue weighted by atomic mass is 10.2. The van der Waals surface area contributed by atoms with Gasteiger partial charge in [0.15, 0.2) is 0 Å². The molecule has 0 saturated carbocycles. The molecule has 0 atom stereocenters. The Balaban J connectivity index is 2.40. The zero-order chi connectivity index (χ0) is 14.0. The Hall–Kier alpha value is -2.08. The fraction of sp³-hybridized carbons (Fsp3) is 0.0769. The number of halogens is 1. The number of nitrogens with two attached hydrogens (primary N) is 1. The van der Waals surface area contributed by atoms with E-state index in [9.17, 15) is 4.79 Å². The Bertz CT molecular complexity index is 624. The number of carboxylic acids is 1. The third kappa shape index (κ3) is 3.23. The lowest BCUT2D eigenvalue weighted by Crippen LogP contribution is -2.06. The van der Waals surface area contributed by atoms with E-state index in [0.29, 0.717) is 5.69 Å². The van der Waals surface area contributed by atoms with Crippen molar-refractivity contribution in [2.75, 3.05) is 11.1 Å². The number of nitrogen functional groups attached to an aromatic ring is 1. The summed E-state index contributed by atoms with van der Waals surface area (Å²) in [6.45, 7) is 1.95. The summed E-state index contributed by atoms with van der Waals surface area (Å²) < 4.78 is 0.905. The molecule has 5 nitrogen and oxygen atoms in total. The van der Waals surface area contributed by atoms with E-state index in [1.165, 1.54) is 12.3 Å². The van der Waals surface area contributed by atoms with Crippen LogP contribution in [-0.4, -0.2) is 16.1 Å². The third-order valence-electron chi connectivity index (χ3n) is 2.44. The second-order valence-corrected chi connectivity index (χ2v) is 5.03. The Morgan fingerprint density at radius 3 is 2.74 bits per heavy atom. The summed E-state index contributed by atoms with van der Waals surface area (Å²) in [5.41, 5.74) is 7.70. The number of carbonyl (C=O) groups is 1. The lowest BCUT2D eigenvalue weighted by molar-refractivity contribution is 0.0697. The molecule has 0 bridgehead atoms. The number of hydrogen-bond acceptors (Lipinski definition) is 4. The van der Waals surface area contributed by atoms with Crippen molar-refractivity contribution in [1.82, 2.24) is 4.98 Å². The molecular weight excluding hydrogens is 310 g/mol. The molecule has 1 heterocycles. The van der Waals surface area contributed by atoms with E-state index in [4.69, 9.17) is 10.8 Å². The van der Waals surface area contributed by atoms with Gasteiger partial charge in [-0.05, 0) is 36.8 Å². The van der Waals surface area contributed by atoms with E-state index in [-0.39, 0.29) is 11.4 Å². The van der Waals surface area contributed by atoms with Gasteiger partial charge in [0, 0.05) is 10.2 Å². The molecule has 1 aromatic heterocycles. The average molecular weight is 322 g/mol. The highest BCUT2D eigenvalue weighted by Crippen LogP contribution is 2.24. The van der Waals surface area contributed by atoms with Gasteiger partial charge in [0.2, 0.25) is 0 Å². The summed E-state index contributed by atoms with van der Waals surface area (Å²) in [7, 11) is 0. The van der Waals surface area contributed by atoms with Gasteiger partial charge >= 0.3 is 5.97 Å². The molecule has 4 N–H and O–H groups in total. The number of aromatic carboxylic acids is 1. The van der Waals surface area contributed by atoms with Crippen LogP contribution in [0.4, 0.5) is 17.2 Å². The van der Waals surface area contributed by atoms with E-state index in [1.807, 2.05) is 25.1 Å². The molecule has 0 radical (unpaired) electrons. The fourth-order valence-corrected chi connectivity index (χ4v) is 2.30. The van der Waals surface area contributed by atoms with Crippen molar-refractivity contribution < 1.29 is 9.90 Å². The van der Waals surface area contributed by atoms with Crippen molar-refractivity contribution in [3.05, 3.63) is 46.1 Å². The number of benzene rings is 1. The maximum absolute atomic E-state index is 11.2. The second kappa shape index (κ2) is 5.27. The zero-order valence-corrected chi connectivity index (χ0v) is 11.7. The number of pyridine rings is 1. The fourth-order valence-electron chi connectivity index (χ4n) is 1.69. The molecule has 2 aromatic rings. The predicted molar refractivity (Wildman–Crippen MR) is 77.8 cm³/mol. The number of nitrogens with one attached hydrogen (secondary N) is 1. The Morgan fingerprint density at radius 1 is 1.37 bits per heavy atom. The van der Waals surface area contributed by atoms with Crippen LogP contribution in [-0.2, 0) is 0 Å². The van der Waals surface area contributed by atoms with Crippen LogP contribution in [0.25, 0.3) is 0 Å². The minimum Gasteiger partial charge on any atom is -0.478 e. The van der Waals surface area contributed by atoms with Crippen molar-refractivity contribution in [2.45, 2.75) is 6.92 Å². The number of nitrogens with zero attached hydrogens (tertiary/aromatic N) is 1. The summed E-state index contributed by atoms with van der Waals surface area (Å²) in [5, 5.41) is 12.1. The van der Waals surface area contributed by atoms with Crippen LogP contribution in [0.1, 0.15) is 15.9 Å². The molecule has 0 fully saturated rings. The largest absolute Gasteiger partial charge is 0.478 e. The highest BCUT2D eigenvalue weighted by atomic mass is 79.9. The van der Waals surface area contributed by atoms with Gasteiger partial charge in [0.05, 0.1) is 11.9 Å². The van der Waals surface area contributed by atoms with Crippen molar-refractivity contribution >= 4 is 39.1 Å². The lowest BCUT2D eigenvalue weighted by Gasteiger charge is -2.10. The molecule has 0 amide bonds. The maximum atomic E-state index is 11.2. The van der Waals surface area contributed by atoms with Crippen LogP contribution in [0.3, 0.4) is 0 Å². The monoisotopic (exact) mass is 321 g/mol. The molecule has 0 spiro atoms. The van der Waals surface area contributed by atoms with Crippen LogP contribution in [0, 0.1) is 6.92 Å². The Morgan fingerprint density at radius 2 is 2.11 bits per heavy atom. The van der Waals surface area contributed by atoms with Gasteiger partial charge in [-0.3, -0.25) is 0 Å². The van der Waals surface area contributed by atoms with Gasteiger partial charge in [-0.1, -0.05) is 15.9 Å². The van der Waals surface area contributed by atoms with E-state index < -0.39 is 5.97 Å². The standard InChI is InChI=1S/C13H12BrN3O2/c1-7-2-8(14)4-10(3-7)17-12-11(13(18)19)5-9(15)6-16-12/h2-6H,15H2,1H3,(H,16,17)(H,18,19). The average Bonchev–Trinajstić information content (AvgIpc) is 2.30. The molecule has 1 aromatic carbocycles. The van der Waals surface area contributed by atoms with Crippen molar-refractivity contribution in [3.63, 3.8) is 0 Å². The SMILES string of the molecule is Cc1cc(Br)cc(Nc2ncc(N)cc2C(=O)O)c1. The van der Waals surface area contributed by atoms with E-state index in [1.54, 1.807) is 0 Å². The molecule has 0 unspecified atom stereocenters. The first-order chi connectivity index (χ1) is 8.95. The Kier molecular flexibility index (Phi) is 3.71. The van der Waals surface area contributed by atoms with E-state index in [0.717, 1.165) is 15.7 Å². The molecular formula is C13H12BrN3O2. The number of hydrogen-bond donors (Lipinski definition) is 3. The van der Waals surface area contributed by atoms with Gasteiger partial charge in [-0.15, -0.1) is 0 Å². The highest BCUT2D eigenvalue weighted by Gasteiger charge is 2.12. The summed E-state index contributed by atoms with van der Waals surface area (Å²) in [5.74, 6) is -0.812. The van der Waals surface area contributed by atoms with Gasteiger partial charge in [0.25, 0.3) is 0 Å². The first-order valence-electron chi connectivity index (χ1n) is 5.49. The van der Waals surface area contributed by atoms with Crippen LogP contribution in [0.15, 0.2) is 34.9 Å². The number of carboxylic acid groups (broad SMARTS) is 1. The van der Waals surface area contributed by atoms with Gasteiger partial charge in [-0.2, -0.15) is 0 Å². The quantitative estimate of drug-likeness (QED) is 0.808. The van der Waals surface area contributed by atoms with Crippen LogP contribution >= 0.6 is 15.9 Å². The minimum atomic E-state index is -1.07. The van der Waals surface area contributed by atoms with Crippen molar-refractivity contribution in [3.8, 4) is 0 Å². The third-order valence-corrected chi connectivity index (χ3v) is 2.90. The van der Waals surface area contributed by atoms with E-state index in [2.05, 4.69) is 26.2 Å².